The molecule has 0 fully saturated rings. The van der Waals surface area contributed by atoms with Crippen molar-refractivity contribution in [1.82, 2.24) is 184 Å². The van der Waals surface area contributed by atoms with Crippen molar-refractivity contribution in [2.45, 2.75) is 40.5 Å². The highest BCUT2D eigenvalue weighted by Crippen LogP contribution is 2.35. The Kier molecular flexibility index (Phi) is 28.7. The minimum Gasteiger partial charge on any atom is -0.476 e. The van der Waals surface area contributed by atoms with E-state index in [-0.39, 0.29) is 0 Å². The van der Waals surface area contributed by atoms with Crippen LogP contribution in [-0.2, 0) is 35.2 Å². The number of rotatable bonds is 24. The van der Waals surface area contributed by atoms with Crippen molar-refractivity contribution in [3.63, 3.8) is 0 Å². The molecule has 736 valence electrons. The molecule has 0 saturated carbocycles. The highest BCUT2D eigenvalue weighted by atomic mass is 79.9. The minimum absolute atomic E-state index is 0.296. The van der Waals surface area contributed by atoms with Gasteiger partial charge < -0.3 is 46.4 Å². The molecule has 0 spiro atoms. The molecular formula is C96H95Br2N45OS2. The first kappa shape index (κ1) is 96.9. The Balaban J connectivity index is 0.000000111. The highest BCUT2D eigenvalue weighted by Gasteiger charge is 2.22. The lowest BCUT2D eigenvalue weighted by Gasteiger charge is -2.14. The Morgan fingerprint density at radius 3 is 1.16 bits per heavy atom. The third kappa shape index (κ3) is 22.2. The molecule has 0 aliphatic rings. The van der Waals surface area contributed by atoms with E-state index in [2.05, 4.69) is 229 Å². The zero-order valence-electron chi connectivity index (χ0n) is 81.1. The fourth-order valence-corrected chi connectivity index (χ4v) is 17.1. The van der Waals surface area contributed by atoms with Crippen LogP contribution in [0.1, 0.15) is 42.7 Å². The van der Waals surface area contributed by atoms with Crippen LogP contribution in [-0.4, -0.2) is 225 Å². The van der Waals surface area contributed by atoms with Crippen molar-refractivity contribution in [3.8, 4) is 73.4 Å². The largest absolute Gasteiger partial charge is 0.476 e. The van der Waals surface area contributed by atoms with Gasteiger partial charge in [-0.1, -0.05) is 19.9 Å². The third-order valence-electron chi connectivity index (χ3n) is 22.2. The maximum absolute atomic E-state index is 5.70. The zero-order chi connectivity index (χ0) is 101. The van der Waals surface area contributed by atoms with E-state index < -0.39 is 0 Å². The van der Waals surface area contributed by atoms with Crippen molar-refractivity contribution in [2.75, 3.05) is 78.1 Å². The average Bonchev–Trinajstić information content (AvgIpc) is 1.63. The molecule has 23 aromatic heterocycles. The molecule has 0 aliphatic carbocycles. The smallest absolute Gasteiger partial charge is 0.215 e. The van der Waals surface area contributed by atoms with Crippen molar-refractivity contribution < 1.29 is 4.74 Å². The molecule has 50 heteroatoms. The van der Waals surface area contributed by atoms with Gasteiger partial charge in [-0.2, -0.15) is 39.3 Å². The van der Waals surface area contributed by atoms with Gasteiger partial charge >= 0.3 is 0 Å². The lowest BCUT2D eigenvalue weighted by molar-refractivity contribution is 0.254. The number of nitrogens with zero attached hydrogens (tertiary/aromatic N) is 38. The Labute approximate surface area is 857 Å². The Morgan fingerprint density at radius 2 is 0.788 bits per heavy atom. The fourth-order valence-electron chi connectivity index (χ4n) is 15.1. The molecule has 46 nitrogen and oxygen atoms in total. The molecule has 0 unspecified atom stereocenters. The molecule has 146 heavy (non-hydrogen) atoms. The maximum Gasteiger partial charge on any atom is 0.215 e. The molecular weight excluding hydrogens is 2020 g/mol. The zero-order valence-corrected chi connectivity index (χ0v) is 85.9. The van der Waals surface area contributed by atoms with E-state index >= 15 is 0 Å². The summed E-state index contributed by atoms with van der Waals surface area (Å²) in [6.45, 7) is 11.3. The summed E-state index contributed by atoms with van der Waals surface area (Å²) in [5.41, 5.74) is 22.8. The Hall–Kier alpha value is -17.9. The number of fused-ring (bicyclic) bond motifs is 6. The first-order chi connectivity index (χ1) is 70.9. The fraction of sp³-hybridized carbons (Fsp3) is 0.177. The standard InChI is InChI=1S/C19H22N8O.C17H17N7.2C16H14BrN7.C15H16N8S.C13H12N8S/c1-25(2)8-9-28-17-10-15(4-5-20-17)24-18-19-22-12-16(27(19)7-6-21-18)14-11-23-26(3)13-14;1-23(2)14-5-3-4-13(8-14)22-16-17-19-11-15(12-9-20-21-10-12)24(17)7-6-18-16;1-10-5-12(7-19-14(10)17)22-15-16-20-8-13(24(16)4-3-18-15)11-6-21-23(2)9-11;1-10-3-4-12(14(17)21-10)22-15-16-19-8-13(24(16)6-5-18-15)11-7-20-23(2)9-11;1-9(2)12-19-15(24-21-12)20-13-14-17-7-11(23(14)5-4-16-13)10-6-18-22(3)8-10;1-8-17-13(22-19-8)18-11-12-15-6-10(21(12)4-3-14-11)9-5-16-20(2)7-9/h4-7,10-13H,8-9H2,1-3H3,(H,20,21,24);3-11H,1-2H3,(H,18,22)(H,20,21);2*3-9H,1-2H3,(H,18,22);4-9H,1-3H3,(H,16,19,20,21);3-7H,1-2H3,(H,14,17,18,19). The number of aromatic nitrogens is 37. The first-order valence-corrected chi connectivity index (χ1v) is 48.4. The topological polar surface area (TPSA) is 477 Å². The normalized spacial score (nSPS) is 11.2. The summed E-state index contributed by atoms with van der Waals surface area (Å²) < 4.78 is 36.5. The summed E-state index contributed by atoms with van der Waals surface area (Å²) in [7, 11) is 17.5. The number of aryl methyl sites for hydroxylation is 8. The van der Waals surface area contributed by atoms with Crippen LogP contribution < -0.4 is 41.5 Å². The molecule has 24 aromatic rings. The van der Waals surface area contributed by atoms with E-state index in [0.29, 0.717) is 63.6 Å². The number of anilines is 13. The lowest BCUT2D eigenvalue weighted by atomic mass is 10.2. The molecule has 23 heterocycles. The van der Waals surface area contributed by atoms with Crippen molar-refractivity contribution in [2.24, 2.45) is 35.2 Å². The summed E-state index contributed by atoms with van der Waals surface area (Å²) in [5, 5.41) is 49.0. The summed E-state index contributed by atoms with van der Waals surface area (Å²) in [6.07, 6.45) is 58.6. The number of hydrogen-bond donors (Lipinski definition) is 7. The number of benzene rings is 1. The van der Waals surface area contributed by atoms with Crippen LogP contribution in [0.3, 0.4) is 0 Å². The van der Waals surface area contributed by atoms with Crippen LogP contribution in [0.15, 0.2) is 262 Å². The van der Waals surface area contributed by atoms with E-state index in [0.717, 1.165) is 169 Å². The quantitative estimate of drug-likeness (QED) is 0.0276. The second-order valence-electron chi connectivity index (χ2n) is 33.8. The minimum atomic E-state index is 0.296. The van der Waals surface area contributed by atoms with Gasteiger partial charge in [0.05, 0.1) is 126 Å². The van der Waals surface area contributed by atoms with E-state index in [1.54, 1.807) is 79.2 Å². The van der Waals surface area contributed by atoms with E-state index in [1.807, 2.05) is 296 Å². The predicted molar refractivity (Wildman–Crippen MR) is 567 cm³/mol. The first-order valence-electron chi connectivity index (χ1n) is 45.3. The van der Waals surface area contributed by atoms with Crippen LogP contribution in [0.25, 0.3) is 101 Å². The van der Waals surface area contributed by atoms with Gasteiger partial charge in [-0.15, -0.1) is 0 Å². The van der Waals surface area contributed by atoms with E-state index in [9.17, 15) is 0 Å². The van der Waals surface area contributed by atoms with Gasteiger partial charge in [0.25, 0.3) is 0 Å². The average molecular weight is 2120 g/mol. The number of halogens is 2. The summed E-state index contributed by atoms with van der Waals surface area (Å²) in [5.74, 6) is 6.43. The molecule has 7 N–H and O–H groups in total. The number of likely N-dealkylation sites (N-methyl/N-ethyl adjacent to an activating group) is 1. The monoisotopic (exact) mass is 2120 g/mol. The molecule has 0 atom stereocenters. The van der Waals surface area contributed by atoms with Crippen LogP contribution in [0, 0.1) is 20.8 Å². The molecule has 0 bridgehead atoms. The van der Waals surface area contributed by atoms with Gasteiger partial charge in [0.2, 0.25) is 16.1 Å². The van der Waals surface area contributed by atoms with Crippen LogP contribution in [0.5, 0.6) is 5.88 Å². The number of pyridine rings is 3. The number of aromatic amines is 1. The summed E-state index contributed by atoms with van der Waals surface area (Å²) in [6, 6.07) is 17.8. The molecule has 24 rings (SSSR count). The van der Waals surface area contributed by atoms with Crippen molar-refractivity contribution in [3.05, 3.63) is 285 Å². The second-order valence-corrected chi connectivity index (χ2v) is 36.8. The summed E-state index contributed by atoms with van der Waals surface area (Å²) in [4.78, 5) is 79.3. The van der Waals surface area contributed by atoms with Gasteiger partial charge in [-0.05, 0) is 115 Å². The van der Waals surface area contributed by atoms with Crippen LogP contribution >= 0.6 is 54.9 Å². The molecule has 0 amide bonds. The van der Waals surface area contributed by atoms with Crippen LogP contribution in [0.4, 0.5) is 73.6 Å². The molecule has 1 aromatic carbocycles. The van der Waals surface area contributed by atoms with E-state index in [1.165, 1.54) is 23.1 Å². The Morgan fingerprint density at radius 1 is 0.384 bits per heavy atom. The van der Waals surface area contributed by atoms with Gasteiger partial charge in [0, 0.05) is 265 Å². The van der Waals surface area contributed by atoms with Gasteiger partial charge in [-0.25, -0.2) is 84.7 Å². The molecule has 0 radical (unpaired) electrons. The third-order valence-corrected chi connectivity index (χ3v) is 25.0. The number of imidazole rings is 6. The predicted octanol–water partition coefficient (Wildman–Crippen LogP) is 16.7. The lowest BCUT2D eigenvalue weighted by Crippen LogP contribution is -2.19. The number of H-pyrrole nitrogens is 1. The number of ether oxygens (including phenoxy) is 1. The maximum atomic E-state index is 5.70. The molecule has 0 saturated heterocycles. The van der Waals surface area contributed by atoms with Crippen molar-refractivity contribution >= 4 is 162 Å². The molecule has 0 aliphatic heterocycles. The number of nitrogens with one attached hydrogen (secondary N) is 7. The SMILES string of the molecule is CC(C)c1nsc(Nc2nccn3c(-c4cnn(C)c4)cnc23)n1.CN(C)CCOc1cc(Nc2nccn3c(-c4cnn(C)c4)cnc23)ccn1.CN(C)c1cccc(Nc2nccn3c(-c4cn[nH]c4)cnc23)c1.Cc1cc(Nc2nccn3c(-c4cnn(C)c4)cnc23)cnc1Br.Cc1ccc(Nc2nccn3c(-c4cnn(C)c4)cnc23)c(Br)n1.Cc1nsc(Nc2nccn3c(-c4cnn(C)c4)cnc23)n1. The van der Waals surface area contributed by atoms with Gasteiger partial charge in [0.15, 0.2) is 68.8 Å². The second kappa shape index (κ2) is 43.3. The van der Waals surface area contributed by atoms with Crippen LogP contribution in [0.2, 0.25) is 0 Å². The van der Waals surface area contributed by atoms with E-state index in [4.69, 9.17) is 4.74 Å². The van der Waals surface area contributed by atoms with Gasteiger partial charge in [-0.3, -0.25) is 54.9 Å². The highest BCUT2D eigenvalue weighted by molar-refractivity contribution is 9.10. The van der Waals surface area contributed by atoms with Gasteiger partial charge in [0.1, 0.15) is 27.5 Å². The number of hydrogen-bond acceptors (Lipinski definition) is 36. The Bertz CT molecular complexity index is 8640. The van der Waals surface area contributed by atoms with Crippen molar-refractivity contribution in [1.29, 1.82) is 0 Å². The summed E-state index contributed by atoms with van der Waals surface area (Å²) >= 11 is 9.50.